The predicted molar refractivity (Wildman–Crippen MR) is 162 cm³/mol. The standard InChI is InChI=1S/C30H45BFN3O6S/c1-3-4-5-6-7-8-17-33-30(37)26-22-41-29(31-26)27-11-9-18-35(27)21-24-20-25(40-2)14-12-23(24)13-15-28(36)34-42(38,39)19-10-16-32/h12,14,20,22,27H,3-11,13,15-19,21H2,1-2H3,(H,33,37)(H,34,36)/t27-/m0/s1. The number of halogens is 1. The van der Waals surface area contributed by atoms with Crippen molar-refractivity contribution in [3.05, 3.63) is 46.7 Å². The van der Waals surface area contributed by atoms with Gasteiger partial charge >= 0.3 is 233 Å². The quantitative estimate of drug-likeness (QED) is 0.221. The molecule has 232 valence electrons. The number of amides is 2. The van der Waals surface area contributed by atoms with Crippen LogP contribution in [0.5, 0.6) is 5.75 Å². The fourth-order valence-corrected chi connectivity index (χ4v) is 6.34. The fourth-order valence-electron chi connectivity index (χ4n) is 5.30. The Labute approximate surface area is 250 Å². The molecule has 0 bridgehead atoms. The first-order valence-corrected chi connectivity index (χ1v) is 16.8. The van der Waals surface area contributed by atoms with Crippen molar-refractivity contribution in [2.75, 3.05) is 32.6 Å². The van der Waals surface area contributed by atoms with Gasteiger partial charge < -0.3 is 0 Å². The van der Waals surface area contributed by atoms with Gasteiger partial charge in [0.2, 0.25) is 0 Å². The molecule has 9 nitrogen and oxygen atoms in total. The molecule has 0 aliphatic carbocycles. The molecule has 0 unspecified atom stereocenters. The van der Waals surface area contributed by atoms with Gasteiger partial charge in [-0.05, 0) is 6.42 Å². The van der Waals surface area contributed by atoms with Crippen LogP contribution < -0.4 is 14.8 Å². The number of sulfonamides is 1. The normalized spacial score (nSPS) is 15.5. The van der Waals surface area contributed by atoms with Crippen LogP contribution in [0.4, 0.5) is 4.39 Å². The van der Waals surface area contributed by atoms with Gasteiger partial charge in [0.1, 0.15) is 0 Å². The van der Waals surface area contributed by atoms with Gasteiger partial charge in [-0.2, -0.15) is 0 Å². The first kappa shape index (κ1) is 33.8. The van der Waals surface area contributed by atoms with E-state index in [0.29, 0.717) is 30.7 Å². The van der Waals surface area contributed by atoms with Crippen molar-refractivity contribution in [3.8, 4) is 5.75 Å². The summed E-state index contributed by atoms with van der Waals surface area (Å²) in [6, 6.07) is 5.65. The Hall–Kier alpha value is -2.73. The number of carbonyl (C=O) groups is 2. The second-order valence-electron chi connectivity index (χ2n) is 10.9. The van der Waals surface area contributed by atoms with Crippen LogP contribution >= 0.6 is 0 Å². The van der Waals surface area contributed by atoms with Gasteiger partial charge in [-0.3, -0.25) is 4.39 Å². The zero-order chi connectivity index (χ0) is 30.4. The average Bonchev–Trinajstić information content (AvgIpc) is 3.64. The Morgan fingerprint density at radius 1 is 1.14 bits per heavy atom. The van der Waals surface area contributed by atoms with Crippen LogP contribution in [-0.4, -0.2) is 64.7 Å². The van der Waals surface area contributed by atoms with Gasteiger partial charge in [0.25, 0.3) is 0 Å². The molecule has 1 aromatic carbocycles. The van der Waals surface area contributed by atoms with Gasteiger partial charge in [0.05, 0.1) is 6.67 Å². The number of hydrogen-bond acceptors (Lipinski definition) is 7. The molecule has 0 spiro atoms. The molecule has 42 heavy (non-hydrogen) atoms. The molecule has 1 atom stereocenters. The Morgan fingerprint density at radius 2 is 1.93 bits per heavy atom. The maximum absolute atomic E-state index is 12.7. The molecule has 1 saturated heterocycles. The van der Waals surface area contributed by atoms with Crippen molar-refractivity contribution >= 4 is 28.7 Å². The van der Waals surface area contributed by atoms with E-state index in [4.69, 9.17) is 9.15 Å². The summed E-state index contributed by atoms with van der Waals surface area (Å²) in [5.74, 6) is -0.477. The van der Waals surface area contributed by atoms with Crippen LogP contribution in [0.2, 0.25) is 0 Å². The molecule has 2 aromatic rings. The van der Waals surface area contributed by atoms with Crippen molar-refractivity contribution in [1.29, 1.82) is 0 Å². The molecule has 1 fully saturated rings. The number of ether oxygens (including phenoxy) is 1. The van der Waals surface area contributed by atoms with E-state index in [1.165, 1.54) is 31.9 Å². The third-order valence-corrected chi connectivity index (χ3v) is 8.98. The number of alkyl halides is 1. The third kappa shape index (κ3) is 10.8. The van der Waals surface area contributed by atoms with E-state index in [9.17, 15) is 22.4 Å². The molecule has 0 saturated carbocycles. The number of unbranched alkanes of at least 4 members (excludes halogenated alkanes) is 5. The molecule has 12 heteroatoms. The van der Waals surface area contributed by atoms with Crippen molar-refractivity contribution in [2.24, 2.45) is 0 Å². The topological polar surface area (TPSA) is 118 Å². The number of carbonyl (C=O) groups excluding carboxylic acids is 2. The molecule has 1 aliphatic heterocycles. The number of nitrogens with one attached hydrogen (secondary N) is 2. The van der Waals surface area contributed by atoms with E-state index in [2.05, 4.69) is 17.1 Å². The van der Waals surface area contributed by atoms with E-state index < -0.39 is 28.4 Å². The zero-order valence-corrected chi connectivity index (χ0v) is 25.8. The van der Waals surface area contributed by atoms with Crippen LogP contribution in [0, 0.1) is 0 Å². The van der Waals surface area contributed by atoms with E-state index in [0.717, 1.165) is 49.0 Å². The second-order valence-corrected chi connectivity index (χ2v) is 12.8. The van der Waals surface area contributed by atoms with Crippen LogP contribution in [-0.2, 0) is 27.8 Å². The number of aryl methyl sites for hydroxylation is 1. The van der Waals surface area contributed by atoms with Crippen LogP contribution in [0.1, 0.15) is 104 Å². The van der Waals surface area contributed by atoms with Gasteiger partial charge in [0, 0.05) is 0 Å². The third-order valence-electron chi connectivity index (χ3n) is 7.61. The molecule has 2 N–H and O–H groups in total. The van der Waals surface area contributed by atoms with Crippen LogP contribution in [0.25, 0.3) is 0 Å². The Balaban J connectivity index is 1.59. The molecular weight excluding hydrogens is 560 g/mol. The maximum atomic E-state index is 12.7. The summed E-state index contributed by atoms with van der Waals surface area (Å²) in [6.45, 7) is 5.35. The van der Waals surface area contributed by atoms with E-state index in [1.807, 2.05) is 29.8 Å². The first-order valence-electron chi connectivity index (χ1n) is 15.1. The summed E-state index contributed by atoms with van der Waals surface area (Å²) < 4.78 is 49.6. The SMILES string of the molecule is CCCCCCCCNC(=O)c1bc([C@@H]2CCCN2Cc2cc(OC)ccc2CCC(=O)NS(=O)(=O)CCCF)oc1. The summed E-state index contributed by atoms with van der Waals surface area (Å²) in [4.78, 5) is 27.3. The number of methoxy groups -OCH3 is 1. The van der Waals surface area contributed by atoms with E-state index >= 15 is 0 Å². The predicted octanol–water partition coefficient (Wildman–Crippen LogP) is 4.79. The minimum absolute atomic E-state index is 0.00751. The fraction of sp³-hybridized carbons (Fsp3) is 0.633. The molecule has 1 aliphatic rings. The Morgan fingerprint density at radius 3 is 2.69 bits per heavy atom. The Bertz CT molecular complexity index is 1260. The summed E-state index contributed by atoms with van der Waals surface area (Å²) in [6.07, 6.45) is 10.6. The number of nitrogens with zero attached hydrogens (tertiary/aromatic N) is 1. The van der Waals surface area contributed by atoms with Gasteiger partial charge in [-0.15, -0.1) is 0 Å². The number of hydrogen-bond donors (Lipinski definition) is 2. The van der Waals surface area contributed by atoms with Gasteiger partial charge in [0.15, 0.2) is 0 Å². The summed E-state index contributed by atoms with van der Waals surface area (Å²) in [5.41, 5.74) is 3.15. The van der Waals surface area contributed by atoms with Crippen molar-refractivity contribution in [2.45, 2.75) is 90.1 Å². The number of rotatable bonds is 19. The van der Waals surface area contributed by atoms with Crippen LogP contribution in [0.3, 0.4) is 0 Å². The summed E-state index contributed by atoms with van der Waals surface area (Å²) in [5, 5.41) is 3.00. The van der Waals surface area contributed by atoms with Crippen LogP contribution in [0.15, 0.2) is 28.9 Å². The van der Waals surface area contributed by atoms with Gasteiger partial charge in [-0.25, -0.2) is 0 Å². The Kier molecular flexibility index (Phi) is 14.0. The number of likely N-dealkylation sites (tertiary alicyclic amines) is 1. The van der Waals surface area contributed by atoms with Gasteiger partial charge in [-0.1, -0.05) is 0 Å². The van der Waals surface area contributed by atoms with Crippen molar-refractivity contribution in [3.63, 3.8) is 0 Å². The second kappa shape index (κ2) is 17.4. The summed E-state index contributed by atoms with van der Waals surface area (Å²) >= 11 is 0. The molecule has 2 heterocycles. The average molecular weight is 606 g/mol. The first-order chi connectivity index (χ1) is 20.3. The molecule has 1 aromatic heterocycles. The number of benzene rings is 1. The zero-order valence-electron chi connectivity index (χ0n) is 25.0. The van der Waals surface area contributed by atoms with Crippen molar-refractivity contribution in [1.82, 2.24) is 14.9 Å². The van der Waals surface area contributed by atoms with Crippen molar-refractivity contribution < 1.29 is 31.6 Å². The van der Waals surface area contributed by atoms with E-state index in [-0.39, 0.29) is 24.8 Å². The molecule has 2 amide bonds. The monoisotopic (exact) mass is 605 g/mol. The molecule has 3 rings (SSSR count). The summed E-state index contributed by atoms with van der Waals surface area (Å²) in [7, 11) is -2.25. The molecular formula is C30H45BFN3O6S. The molecule has 0 radical (unpaired) electrons. The minimum atomic E-state index is -3.85. The van der Waals surface area contributed by atoms with E-state index in [1.54, 1.807) is 7.11 Å².